The van der Waals surface area contributed by atoms with Crippen molar-refractivity contribution in [1.82, 2.24) is 25.0 Å². The number of carbonyl (C=O) groups is 1. The van der Waals surface area contributed by atoms with E-state index >= 15 is 0 Å². The average molecular weight is 494 g/mol. The largest absolute Gasteiger partial charge is 0.360 e. The molecule has 0 saturated carbocycles. The van der Waals surface area contributed by atoms with Gasteiger partial charge in [0.1, 0.15) is 10.6 Å². The molecule has 10 heteroatoms. The molecule has 0 spiro atoms. The summed E-state index contributed by atoms with van der Waals surface area (Å²) in [6, 6.07) is 16.9. The standard InChI is InChI=1S/C25H27N5O4S/c1-17-24(19(3)34-28-17)35(32,33)29-18(2)25(31)26-15-22-7-4-5-8-23(22)21-11-9-20(10-12-21)16-30-14-6-13-27-30/h4-14,18,29H,15-16H2,1-3H3,(H,26,31)/t18-/m0/s1. The number of aryl methyl sites for hydroxylation is 2. The highest BCUT2D eigenvalue weighted by atomic mass is 32.2. The first-order valence-electron chi connectivity index (χ1n) is 11.1. The molecule has 0 radical (unpaired) electrons. The van der Waals surface area contributed by atoms with E-state index in [9.17, 15) is 13.2 Å². The van der Waals surface area contributed by atoms with E-state index < -0.39 is 22.0 Å². The van der Waals surface area contributed by atoms with Crippen molar-refractivity contribution >= 4 is 15.9 Å². The molecule has 0 bridgehead atoms. The lowest BCUT2D eigenvalue weighted by atomic mass is 9.98. The summed E-state index contributed by atoms with van der Waals surface area (Å²) in [7, 11) is -3.95. The van der Waals surface area contributed by atoms with Crippen LogP contribution in [0.1, 0.15) is 29.5 Å². The molecule has 182 valence electrons. The summed E-state index contributed by atoms with van der Waals surface area (Å²) in [5, 5.41) is 10.7. The first-order valence-corrected chi connectivity index (χ1v) is 12.6. The Morgan fingerprint density at radius 3 is 2.49 bits per heavy atom. The molecule has 2 heterocycles. The fourth-order valence-corrected chi connectivity index (χ4v) is 5.40. The maximum atomic E-state index is 12.7. The Kier molecular flexibility index (Phi) is 7.13. The summed E-state index contributed by atoms with van der Waals surface area (Å²) in [4.78, 5) is 12.6. The first kappa shape index (κ1) is 24.4. The van der Waals surface area contributed by atoms with Crippen molar-refractivity contribution in [3.05, 3.63) is 89.6 Å². The second-order valence-corrected chi connectivity index (χ2v) is 9.92. The van der Waals surface area contributed by atoms with E-state index in [2.05, 4.69) is 32.4 Å². The third-order valence-corrected chi connectivity index (χ3v) is 7.39. The van der Waals surface area contributed by atoms with Gasteiger partial charge in [0.2, 0.25) is 15.9 Å². The minimum absolute atomic E-state index is 0.0431. The van der Waals surface area contributed by atoms with Gasteiger partial charge in [-0.15, -0.1) is 0 Å². The number of amides is 1. The second kappa shape index (κ2) is 10.2. The Hall–Kier alpha value is -3.76. The zero-order valence-electron chi connectivity index (χ0n) is 19.7. The zero-order chi connectivity index (χ0) is 25.0. The van der Waals surface area contributed by atoms with Gasteiger partial charge in [0.25, 0.3) is 0 Å². The Balaban J connectivity index is 1.42. The van der Waals surface area contributed by atoms with Gasteiger partial charge >= 0.3 is 0 Å². The van der Waals surface area contributed by atoms with Crippen molar-refractivity contribution in [2.45, 2.75) is 44.8 Å². The lowest BCUT2D eigenvalue weighted by Gasteiger charge is -2.16. The maximum Gasteiger partial charge on any atom is 0.246 e. The molecule has 2 aromatic carbocycles. The van der Waals surface area contributed by atoms with Crippen molar-refractivity contribution < 1.29 is 17.7 Å². The van der Waals surface area contributed by atoms with Gasteiger partial charge in [-0.1, -0.05) is 53.7 Å². The van der Waals surface area contributed by atoms with Crippen LogP contribution in [0.15, 0.2) is 76.4 Å². The van der Waals surface area contributed by atoms with Gasteiger partial charge in [0.05, 0.1) is 12.6 Å². The fourth-order valence-electron chi connectivity index (χ4n) is 3.87. The third kappa shape index (κ3) is 5.67. The van der Waals surface area contributed by atoms with Crippen LogP contribution in [0, 0.1) is 13.8 Å². The van der Waals surface area contributed by atoms with E-state index in [4.69, 9.17) is 4.52 Å². The normalized spacial score (nSPS) is 12.4. The van der Waals surface area contributed by atoms with Gasteiger partial charge in [-0.25, -0.2) is 8.42 Å². The highest BCUT2D eigenvalue weighted by Gasteiger charge is 2.28. The summed E-state index contributed by atoms with van der Waals surface area (Å²) < 4.78 is 34.6. The molecule has 0 aliphatic rings. The topological polar surface area (TPSA) is 119 Å². The van der Waals surface area contributed by atoms with E-state index in [1.165, 1.54) is 20.8 Å². The number of sulfonamides is 1. The number of hydrogen-bond acceptors (Lipinski definition) is 6. The van der Waals surface area contributed by atoms with Gasteiger partial charge < -0.3 is 9.84 Å². The van der Waals surface area contributed by atoms with Crippen LogP contribution in [-0.4, -0.2) is 35.3 Å². The van der Waals surface area contributed by atoms with Gasteiger partial charge in [0.15, 0.2) is 5.76 Å². The van der Waals surface area contributed by atoms with Crippen molar-refractivity contribution in [3.63, 3.8) is 0 Å². The van der Waals surface area contributed by atoms with Crippen LogP contribution in [-0.2, 0) is 27.9 Å². The Morgan fingerprint density at radius 1 is 1.09 bits per heavy atom. The molecule has 0 saturated heterocycles. The van der Waals surface area contributed by atoms with Crippen LogP contribution in [0.4, 0.5) is 0 Å². The molecule has 2 N–H and O–H groups in total. The summed E-state index contributed by atoms with van der Waals surface area (Å²) in [6.45, 7) is 5.49. The van der Waals surface area contributed by atoms with Gasteiger partial charge in [0, 0.05) is 18.9 Å². The van der Waals surface area contributed by atoms with E-state index in [-0.39, 0.29) is 22.9 Å². The molecule has 1 atom stereocenters. The van der Waals surface area contributed by atoms with Crippen LogP contribution in [0.3, 0.4) is 0 Å². The number of rotatable bonds is 9. The molecule has 4 rings (SSSR count). The molecule has 35 heavy (non-hydrogen) atoms. The van der Waals surface area contributed by atoms with E-state index in [1.807, 2.05) is 53.3 Å². The van der Waals surface area contributed by atoms with E-state index in [1.54, 1.807) is 6.20 Å². The number of nitrogens with zero attached hydrogens (tertiary/aromatic N) is 3. The molecule has 9 nitrogen and oxygen atoms in total. The quantitative estimate of drug-likeness (QED) is 0.370. The summed E-state index contributed by atoms with van der Waals surface area (Å²) in [5.74, 6) is -0.267. The van der Waals surface area contributed by atoms with Crippen LogP contribution in [0.25, 0.3) is 11.1 Å². The minimum atomic E-state index is -3.95. The number of carbonyl (C=O) groups excluding carboxylic acids is 1. The second-order valence-electron chi connectivity index (χ2n) is 8.27. The smallest absolute Gasteiger partial charge is 0.246 e. The Bertz CT molecular complexity index is 1390. The van der Waals surface area contributed by atoms with Crippen LogP contribution in [0.5, 0.6) is 0 Å². The SMILES string of the molecule is Cc1noc(C)c1S(=O)(=O)N[C@@H](C)C(=O)NCc1ccccc1-c1ccc(Cn2cccn2)cc1. The molecule has 1 amide bonds. The van der Waals surface area contributed by atoms with Crippen molar-refractivity contribution in [2.75, 3.05) is 0 Å². The van der Waals surface area contributed by atoms with Crippen LogP contribution < -0.4 is 10.0 Å². The first-order chi connectivity index (χ1) is 16.7. The molecular weight excluding hydrogens is 466 g/mol. The van der Waals surface area contributed by atoms with Crippen LogP contribution in [0.2, 0.25) is 0 Å². The molecule has 4 aromatic rings. The van der Waals surface area contributed by atoms with Crippen molar-refractivity contribution in [3.8, 4) is 11.1 Å². The lowest BCUT2D eigenvalue weighted by Crippen LogP contribution is -2.44. The minimum Gasteiger partial charge on any atom is -0.360 e. The van der Waals surface area contributed by atoms with Gasteiger partial charge in [-0.3, -0.25) is 9.48 Å². The number of hydrogen-bond donors (Lipinski definition) is 2. The molecule has 0 aliphatic heterocycles. The molecule has 0 fully saturated rings. The van der Waals surface area contributed by atoms with Crippen molar-refractivity contribution in [1.29, 1.82) is 0 Å². The summed E-state index contributed by atoms with van der Waals surface area (Å²) >= 11 is 0. The fraction of sp³-hybridized carbons (Fsp3) is 0.240. The highest BCUT2D eigenvalue weighted by molar-refractivity contribution is 7.89. The molecule has 0 aliphatic carbocycles. The molecule has 0 unspecified atom stereocenters. The average Bonchev–Trinajstić information content (AvgIpc) is 3.47. The number of nitrogens with one attached hydrogen (secondary N) is 2. The van der Waals surface area contributed by atoms with Crippen LogP contribution >= 0.6 is 0 Å². The molecule has 2 aromatic heterocycles. The summed E-state index contributed by atoms with van der Waals surface area (Å²) in [6.07, 6.45) is 3.67. The van der Waals surface area contributed by atoms with E-state index in [0.717, 1.165) is 22.3 Å². The Labute approximate surface area is 204 Å². The third-order valence-electron chi connectivity index (χ3n) is 5.60. The maximum absolute atomic E-state index is 12.7. The monoisotopic (exact) mass is 493 g/mol. The van der Waals surface area contributed by atoms with Gasteiger partial charge in [-0.05, 0) is 49.1 Å². The lowest BCUT2D eigenvalue weighted by molar-refractivity contribution is -0.122. The predicted octanol–water partition coefficient (Wildman–Crippen LogP) is 3.19. The number of aromatic nitrogens is 3. The van der Waals surface area contributed by atoms with Crippen molar-refractivity contribution in [2.24, 2.45) is 0 Å². The Morgan fingerprint density at radius 2 is 1.83 bits per heavy atom. The zero-order valence-corrected chi connectivity index (χ0v) is 20.5. The van der Waals surface area contributed by atoms with Gasteiger partial charge in [-0.2, -0.15) is 9.82 Å². The summed E-state index contributed by atoms with van der Waals surface area (Å²) in [5.41, 5.74) is 4.30. The molecular formula is C25H27N5O4S. The highest BCUT2D eigenvalue weighted by Crippen LogP contribution is 2.24. The predicted molar refractivity (Wildman–Crippen MR) is 131 cm³/mol. The number of benzene rings is 2. The van der Waals surface area contributed by atoms with E-state index in [0.29, 0.717) is 6.54 Å².